The lowest BCUT2D eigenvalue weighted by Crippen LogP contribution is -2.27. The largest absolute Gasteiger partial charge is 0.372 e. The van der Waals surface area contributed by atoms with Gasteiger partial charge in [0.2, 0.25) is 0 Å². The molecule has 2 nitrogen and oxygen atoms in total. The number of rotatable bonds is 2. The number of benzene rings is 1. The first-order valence-corrected chi connectivity index (χ1v) is 5.73. The van der Waals surface area contributed by atoms with E-state index in [1.54, 1.807) is 11.1 Å². The molecule has 1 aliphatic carbocycles. The van der Waals surface area contributed by atoms with Crippen LogP contribution in [-0.2, 0) is 12.8 Å². The highest BCUT2D eigenvalue weighted by atomic mass is 15.1. The summed E-state index contributed by atoms with van der Waals surface area (Å²) in [6.07, 6.45) is 5.63. The van der Waals surface area contributed by atoms with Gasteiger partial charge in [-0.25, -0.2) is 0 Å². The van der Waals surface area contributed by atoms with Gasteiger partial charge in [-0.3, -0.25) is 4.99 Å². The second-order valence-corrected chi connectivity index (χ2v) is 4.64. The van der Waals surface area contributed by atoms with Crippen LogP contribution in [0, 0.1) is 5.92 Å². The maximum Gasteiger partial charge on any atom is 0.0827 e. The molecule has 1 N–H and O–H groups in total. The van der Waals surface area contributed by atoms with E-state index in [0.29, 0.717) is 6.04 Å². The maximum absolute atomic E-state index is 4.22. The van der Waals surface area contributed by atoms with Gasteiger partial charge in [-0.2, -0.15) is 0 Å². The average molecular weight is 200 g/mol. The van der Waals surface area contributed by atoms with Crippen LogP contribution in [0.25, 0.3) is 0 Å². The topological polar surface area (TPSA) is 24.4 Å². The van der Waals surface area contributed by atoms with Crippen molar-refractivity contribution in [3.63, 3.8) is 0 Å². The van der Waals surface area contributed by atoms with Gasteiger partial charge in [0.25, 0.3) is 0 Å². The van der Waals surface area contributed by atoms with Crippen molar-refractivity contribution in [2.24, 2.45) is 10.9 Å². The third-order valence-corrected chi connectivity index (χ3v) is 3.48. The number of nitrogens with one attached hydrogen (secondary N) is 1. The minimum atomic E-state index is 0.587. The summed E-state index contributed by atoms with van der Waals surface area (Å²) in [6, 6.07) is 9.43. The first-order valence-electron chi connectivity index (χ1n) is 5.73. The lowest BCUT2D eigenvalue weighted by atomic mass is 9.97. The molecule has 0 bridgehead atoms. The summed E-state index contributed by atoms with van der Waals surface area (Å²) in [7, 11) is 0. The molecule has 15 heavy (non-hydrogen) atoms. The third kappa shape index (κ3) is 1.76. The molecule has 0 spiro atoms. The zero-order valence-corrected chi connectivity index (χ0v) is 8.82. The Labute approximate surface area is 90.4 Å². The van der Waals surface area contributed by atoms with Crippen LogP contribution in [0.15, 0.2) is 29.3 Å². The molecule has 0 unspecified atom stereocenters. The van der Waals surface area contributed by atoms with Crippen LogP contribution in [-0.4, -0.2) is 18.9 Å². The summed E-state index contributed by atoms with van der Waals surface area (Å²) in [5.41, 5.74) is 3.11. The van der Waals surface area contributed by atoms with E-state index < -0.39 is 0 Å². The summed E-state index contributed by atoms with van der Waals surface area (Å²) in [5.74, 6) is 0.821. The van der Waals surface area contributed by atoms with E-state index in [0.717, 1.165) is 12.5 Å². The molecule has 0 aromatic heterocycles. The summed E-state index contributed by atoms with van der Waals surface area (Å²) >= 11 is 0. The Hall–Kier alpha value is -1.31. The van der Waals surface area contributed by atoms with Crippen LogP contribution in [0.5, 0.6) is 0 Å². The molecule has 2 heteroatoms. The lowest BCUT2D eigenvalue weighted by Gasteiger charge is -2.14. The number of hydrogen-bond donors (Lipinski definition) is 1. The molecule has 2 aliphatic rings. The van der Waals surface area contributed by atoms with Crippen LogP contribution < -0.4 is 5.32 Å². The van der Waals surface area contributed by atoms with Crippen LogP contribution in [0.4, 0.5) is 0 Å². The maximum atomic E-state index is 4.22. The number of nitrogens with zero attached hydrogens (tertiary/aromatic N) is 1. The van der Waals surface area contributed by atoms with E-state index >= 15 is 0 Å². The molecule has 0 fully saturated rings. The van der Waals surface area contributed by atoms with Gasteiger partial charge in [-0.05, 0) is 36.3 Å². The molecule has 0 amide bonds. The molecular formula is C13H16N2. The van der Waals surface area contributed by atoms with E-state index in [4.69, 9.17) is 0 Å². The average Bonchev–Trinajstić information content (AvgIpc) is 2.86. The van der Waals surface area contributed by atoms with Crippen molar-refractivity contribution in [2.75, 3.05) is 6.54 Å². The molecule has 1 heterocycles. The van der Waals surface area contributed by atoms with Crippen molar-refractivity contribution in [2.45, 2.75) is 25.3 Å². The van der Waals surface area contributed by atoms with E-state index in [1.807, 2.05) is 6.34 Å². The molecule has 0 radical (unpaired) electrons. The van der Waals surface area contributed by atoms with Crippen molar-refractivity contribution < 1.29 is 0 Å². The zero-order chi connectivity index (χ0) is 10.1. The normalized spacial score (nSPS) is 24.1. The number of hydrogen-bond acceptors (Lipinski definition) is 2. The monoisotopic (exact) mass is 200 g/mol. The van der Waals surface area contributed by atoms with E-state index in [9.17, 15) is 0 Å². The van der Waals surface area contributed by atoms with Gasteiger partial charge in [0, 0.05) is 6.04 Å². The predicted molar refractivity (Wildman–Crippen MR) is 62.2 cm³/mol. The Bertz CT molecular complexity index is 351. The van der Waals surface area contributed by atoms with E-state index in [2.05, 4.69) is 34.6 Å². The minimum Gasteiger partial charge on any atom is -0.372 e. The Morgan fingerprint density at radius 3 is 2.53 bits per heavy atom. The first-order chi connectivity index (χ1) is 7.42. The highest BCUT2D eigenvalue weighted by Crippen LogP contribution is 2.29. The van der Waals surface area contributed by atoms with Crippen LogP contribution in [0.2, 0.25) is 0 Å². The summed E-state index contributed by atoms with van der Waals surface area (Å²) in [4.78, 5) is 4.22. The van der Waals surface area contributed by atoms with Gasteiger partial charge in [0.1, 0.15) is 0 Å². The van der Waals surface area contributed by atoms with Gasteiger partial charge < -0.3 is 5.32 Å². The van der Waals surface area contributed by atoms with Gasteiger partial charge in [-0.15, -0.1) is 0 Å². The standard InChI is InChI=1S/C13H16N2/c1-2-4-12-6-10(5-11(12)3-1)7-13-8-14-9-15-13/h1-4,9-10,13H,5-8H2,(H,14,15)/t13-/m1/s1. The Kier molecular flexibility index (Phi) is 2.20. The van der Waals surface area contributed by atoms with Crippen LogP contribution in [0.3, 0.4) is 0 Å². The van der Waals surface area contributed by atoms with Crippen molar-refractivity contribution in [1.82, 2.24) is 5.32 Å². The molecular weight excluding hydrogens is 184 g/mol. The molecule has 3 rings (SSSR count). The second-order valence-electron chi connectivity index (χ2n) is 4.64. The van der Waals surface area contributed by atoms with Crippen LogP contribution in [0.1, 0.15) is 17.5 Å². The van der Waals surface area contributed by atoms with Crippen molar-refractivity contribution >= 4 is 6.34 Å². The Morgan fingerprint density at radius 1 is 1.20 bits per heavy atom. The molecule has 1 aromatic rings. The molecule has 1 atom stereocenters. The van der Waals surface area contributed by atoms with Crippen molar-refractivity contribution in [1.29, 1.82) is 0 Å². The fraction of sp³-hybridized carbons (Fsp3) is 0.462. The predicted octanol–water partition coefficient (Wildman–Crippen LogP) is 1.79. The molecule has 0 saturated heterocycles. The van der Waals surface area contributed by atoms with E-state index in [1.165, 1.54) is 19.3 Å². The van der Waals surface area contributed by atoms with Gasteiger partial charge in [0.15, 0.2) is 0 Å². The number of fused-ring (bicyclic) bond motifs is 1. The smallest absolute Gasteiger partial charge is 0.0827 e. The molecule has 1 aromatic carbocycles. The van der Waals surface area contributed by atoms with Gasteiger partial charge in [-0.1, -0.05) is 24.3 Å². The minimum absolute atomic E-state index is 0.587. The Morgan fingerprint density at radius 2 is 1.93 bits per heavy atom. The number of aliphatic imine (C=N–C) groups is 1. The lowest BCUT2D eigenvalue weighted by molar-refractivity contribution is 0.445. The third-order valence-electron chi connectivity index (χ3n) is 3.48. The highest BCUT2D eigenvalue weighted by molar-refractivity contribution is 5.57. The molecule has 1 aliphatic heterocycles. The SMILES string of the molecule is C1=NC[C@@H](CC2Cc3ccccc3C2)N1. The van der Waals surface area contributed by atoms with Gasteiger partial charge in [0.05, 0.1) is 12.9 Å². The Balaban J connectivity index is 1.63. The summed E-state index contributed by atoms with van der Waals surface area (Å²) < 4.78 is 0. The summed E-state index contributed by atoms with van der Waals surface area (Å²) in [6.45, 7) is 0.965. The fourth-order valence-corrected chi connectivity index (χ4v) is 2.75. The summed E-state index contributed by atoms with van der Waals surface area (Å²) in [5, 5.41) is 3.32. The van der Waals surface area contributed by atoms with Gasteiger partial charge >= 0.3 is 0 Å². The fourth-order valence-electron chi connectivity index (χ4n) is 2.75. The van der Waals surface area contributed by atoms with E-state index in [-0.39, 0.29) is 0 Å². The molecule has 0 saturated carbocycles. The van der Waals surface area contributed by atoms with Crippen molar-refractivity contribution in [3.05, 3.63) is 35.4 Å². The van der Waals surface area contributed by atoms with Crippen molar-refractivity contribution in [3.8, 4) is 0 Å². The quantitative estimate of drug-likeness (QED) is 0.773. The highest BCUT2D eigenvalue weighted by Gasteiger charge is 2.24. The molecule has 78 valence electrons. The zero-order valence-electron chi connectivity index (χ0n) is 8.82. The first kappa shape index (κ1) is 8.96. The second kappa shape index (κ2) is 3.69. The van der Waals surface area contributed by atoms with Crippen LogP contribution >= 0.6 is 0 Å².